The van der Waals surface area contributed by atoms with Gasteiger partial charge in [0.25, 0.3) is 5.08 Å². The van der Waals surface area contributed by atoms with E-state index in [4.69, 9.17) is 0 Å². The van der Waals surface area contributed by atoms with Gasteiger partial charge in [-0.15, -0.1) is 0 Å². The lowest BCUT2D eigenvalue weighted by atomic mass is 9.43. The van der Waals surface area contributed by atoms with Gasteiger partial charge in [0, 0.05) is 0 Å². The molecule has 0 radical (unpaired) electrons. The van der Waals surface area contributed by atoms with Gasteiger partial charge in [0.1, 0.15) is 6.10 Å². The van der Waals surface area contributed by atoms with Crippen molar-refractivity contribution in [3.8, 4) is 0 Å². The van der Waals surface area contributed by atoms with Crippen LogP contribution in [0.3, 0.4) is 0 Å². The van der Waals surface area contributed by atoms with Crippen molar-refractivity contribution in [2.75, 3.05) is 0 Å². The molecule has 8 N–H and O–H groups in total. The van der Waals surface area contributed by atoms with Crippen molar-refractivity contribution in [1.82, 2.24) is 0 Å². The van der Waals surface area contributed by atoms with E-state index in [0.29, 0.717) is 18.3 Å². The zero-order valence-corrected chi connectivity index (χ0v) is 23.1. The number of hydrogen-bond acceptors (Lipinski definition) is 6. The summed E-state index contributed by atoms with van der Waals surface area (Å²) < 4.78 is 23.7. The van der Waals surface area contributed by atoms with Gasteiger partial charge in [0.2, 0.25) is 0 Å². The third kappa shape index (κ3) is 4.32. The average molecular weight is 555 g/mol. The number of aliphatic hydroxyl groups excluding tert-OH is 3. The van der Waals surface area contributed by atoms with Crippen LogP contribution in [-0.2, 0) is 9.13 Å². The third-order valence-corrected chi connectivity index (χ3v) is 15.2. The van der Waals surface area contributed by atoms with E-state index in [9.17, 15) is 49.1 Å². The van der Waals surface area contributed by atoms with Crippen LogP contribution in [0.25, 0.3) is 0 Å². The molecule has 0 unspecified atom stereocenters. The number of rotatable bonds is 6. The monoisotopic (exact) mass is 554 g/mol. The van der Waals surface area contributed by atoms with Gasteiger partial charge in [0.15, 0.2) is 0 Å². The molecule has 0 bridgehead atoms. The van der Waals surface area contributed by atoms with Crippen LogP contribution < -0.4 is 0 Å². The second-order valence-corrected chi connectivity index (χ2v) is 16.8. The molecule has 0 aliphatic heterocycles. The van der Waals surface area contributed by atoms with Crippen LogP contribution in [-0.4, -0.2) is 63.4 Å². The topological polar surface area (TPSA) is 196 Å². The Morgan fingerprint density at radius 3 is 2.03 bits per heavy atom. The van der Waals surface area contributed by atoms with Crippen molar-refractivity contribution in [2.24, 2.45) is 46.3 Å². The van der Waals surface area contributed by atoms with Crippen LogP contribution in [0.15, 0.2) is 0 Å². The molecule has 36 heavy (non-hydrogen) atoms. The Kier molecular flexibility index (Phi) is 7.58. The molecule has 0 aromatic heterocycles. The number of aliphatic hydroxyl groups is 4. The lowest BCUT2D eigenvalue weighted by Gasteiger charge is -2.62. The van der Waals surface area contributed by atoms with Crippen LogP contribution in [0.2, 0.25) is 0 Å². The summed E-state index contributed by atoms with van der Waals surface area (Å²) in [6.45, 7) is 6.30. The van der Waals surface area contributed by atoms with Crippen molar-refractivity contribution >= 4 is 15.2 Å². The molecule has 0 heterocycles. The molecule has 210 valence electrons. The Balaban J connectivity index is 1.55. The van der Waals surface area contributed by atoms with Crippen molar-refractivity contribution in [3.05, 3.63) is 0 Å². The van der Waals surface area contributed by atoms with E-state index in [1.165, 1.54) is 0 Å². The molecule has 4 aliphatic carbocycles. The summed E-state index contributed by atoms with van der Waals surface area (Å²) in [5, 5.41) is 38.7. The molecule has 0 amide bonds. The summed E-state index contributed by atoms with van der Waals surface area (Å²) in [5.74, 6) is 0.622. The molecule has 11 atom stereocenters. The maximum Gasteiger partial charge on any atom is 0.372 e. The van der Waals surface area contributed by atoms with E-state index in [0.717, 1.165) is 44.9 Å². The normalized spacial score (nSPS) is 45.4. The first-order valence-corrected chi connectivity index (χ1v) is 16.5. The SMILES string of the molecule is C[C@H](C[C@@H](O)C(O)(P(=O)(O)O)P(=O)(O)O)[C@H]1CC[C@H]2[C@@H]3[C@H](O)C[C@@H]4C[C@H](O)CC[C@]4(C)[C@H]3CC[C@]12C. The van der Waals surface area contributed by atoms with Crippen molar-refractivity contribution < 1.29 is 49.1 Å². The van der Waals surface area contributed by atoms with Gasteiger partial charge in [-0.2, -0.15) is 0 Å². The molecular formula is C24H44O10P2. The molecule has 0 saturated heterocycles. The highest BCUT2D eigenvalue weighted by molar-refractivity contribution is 7.72. The first-order valence-electron chi connectivity index (χ1n) is 13.3. The molecular weight excluding hydrogens is 510 g/mol. The van der Waals surface area contributed by atoms with E-state index in [2.05, 4.69) is 13.8 Å². The van der Waals surface area contributed by atoms with E-state index in [-0.39, 0.29) is 47.0 Å². The fourth-order valence-corrected chi connectivity index (χ4v) is 11.8. The minimum Gasteiger partial charge on any atom is -0.393 e. The summed E-state index contributed by atoms with van der Waals surface area (Å²) in [6.07, 6.45) is 3.17. The molecule has 4 saturated carbocycles. The van der Waals surface area contributed by atoms with Gasteiger partial charge in [-0.25, -0.2) is 0 Å². The lowest BCUT2D eigenvalue weighted by molar-refractivity contribution is -0.174. The standard InChI is InChI=1S/C24H44O10P2/c1-13(10-20(27)24(28,35(29,30)31)36(32,33)34)16-4-5-17-21-18(7-9-23(16,17)3)22(2)8-6-15(25)11-14(22)12-19(21)26/h13-21,25-28H,4-12H2,1-3H3,(H2,29,30,31)(H2,32,33,34)/t13-,14+,15-,16-,17+,18+,19-,20-,21+,22+,23-/m1/s1. The highest BCUT2D eigenvalue weighted by atomic mass is 31.2. The number of hydrogen-bond donors (Lipinski definition) is 8. The van der Waals surface area contributed by atoms with E-state index < -0.39 is 32.5 Å². The first kappa shape index (κ1) is 29.1. The maximum absolute atomic E-state index is 11.8. The Bertz CT molecular complexity index is 912. The van der Waals surface area contributed by atoms with Crippen LogP contribution >= 0.6 is 15.2 Å². The van der Waals surface area contributed by atoms with Gasteiger partial charge in [-0.1, -0.05) is 20.8 Å². The van der Waals surface area contributed by atoms with Crippen molar-refractivity contribution in [1.29, 1.82) is 0 Å². The number of fused-ring (bicyclic) bond motifs is 5. The fraction of sp³-hybridized carbons (Fsp3) is 1.00. The van der Waals surface area contributed by atoms with E-state index >= 15 is 0 Å². The Morgan fingerprint density at radius 2 is 1.44 bits per heavy atom. The third-order valence-electron chi connectivity index (χ3n) is 11.3. The highest BCUT2D eigenvalue weighted by Gasteiger charge is 2.66. The van der Waals surface area contributed by atoms with Crippen molar-refractivity contribution in [3.63, 3.8) is 0 Å². The zero-order valence-electron chi connectivity index (χ0n) is 21.3. The van der Waals surface area contributed by atoms with Gasteiger partial charge >= 0.3 is 15.2 Å². The smallest absolute Gasteiger partial charge is 0.372 e. The lowest BCUT2D eigenvalue weighted by Crippen LogP contribution is -2.58. The van der Waals surface area contributed by atoms with Crippen LogP contribution in [0.1, 0.15) is 78.6 Å². The molecule has 10 nitrogen and oxygen atoms in total. The Morgan fingerprint density at radius 1 is 0.889 bits per heavy atom. The van der Waals surface area contributed by atoms with E-state index in [1.807, 2.05) is 0 Å². The predicted octanol–water partition coefficient (Wildman–Crippen LogP) is 2.37. The van der Waals surface area contributed by atoms with Gasteiger partial charge in [-0.05, 0) is 104 Å². The molecule has 0 spiro atoms. The molecule has 4 rings (SSSR count). The minimum atomic E-state index is -5.76. The largest absolute Gasteiger partial charge is 0.393 e. The van der Waals surface area contributed by atoms with Gasteiger partial charge in [-0.3, -0.25) is 9.13 Å². The molecule has 12 heteroatoms. The van der Waals surface area contributed by atoms with Crippen LogP contribution in [0, 0.1) is 46.3 Å². The van der Waals surface area contributed by atoms with Gasteiger partial charge < -0.3 is 40.0 Å². The predicted molar refractivity (Wildman–Crippen MR) is 131 cm³/mol. The summed E-state index contributed by atoms with van der Waals surface area (Å²) in [6, 6.07) is 0. The Labute approximate surface area is 212 Å². The maximum atomic E-state index is 11.8. The second-order valence-electron chi connectivity index (χ2n) is 13.0. The highest BCUT2D eigenvalue weighted by Crippen LogP contribution is 2.71. The fourth-order valence-electron chi connectivity index (χ4n) is 9.41. The molecule has 4 aliphatic rings. The quantitative estimate of drug-likeness (QED) is 0.226. The second kappa shape index (κ2) is 9.36. The molecule has 0 aromatic rings. The first-order chi connectivity index (χ1) is 16.4. The molecule has 4 fully saturated rings. The van der Waals surface area contributed by atoms with E-state index in [1.54, 1.807) is 6.92 Å². The summed E-state index contributed by atoms with van der Waals surface area (Å²) in [4.78, 5) is 38.1. The van der Waals surface area contributed by atoms with Crippen LogP contribution in [0.4, 0.5) is 0 Å². The summed E-state index contributed by atoms with van der Waals surface area (Å²) in [7, 11) is -11.5. The average Bonchev–Trinajstić information content (AvgIpc) is 3.10. The van der Waals surface area contributed by atoms with Crippen molar-refractivity contribution in [2.45, 2.75) is 102 Å². The minimum absolute atomic E-state index is 0.00167. The summed E-state index contributed by atoms with van der Waals surface area (Å²) in [5.41, 5.74) is -0.130. The Hall–Kier alpha value is 0.140. The molecule has 0 aromatic carbocycles. The van der Waals surface area contributed by atoms with Crippen LogP contribution in [0.5, 0.6) is 0 Å². The van der Waals surface area contributed by atoms with Gasteiger partial charge in [0.05, 0.1) is 12.2 Å². The summed E-state index contributed by atoms with van der Waals surface area (Å²) >= 11 is 0. The zero-order chi connectivity index (χ0) is 27.1.